The van der Waals surface area contributed by atoms with Crippen molar-refractivity contribution >= 4 is 35.0 Å². The first kappa shape index (κ1) is 21.0. The molecule has 0 spiro atoms. The minimum absolute atomic E-state index is 0.0124. The highest BCUT2D eigenvalue weighted by Gasteiger charge is 2.54. The van der Waals surface area contributed by atoms with Gasteiger partial charge in [-0.25, -0.2) is 0 Å². The summed E-state index contributed by atoms with van der Waals surface area (Å²) < 4.78 is 5.52. The van der Waals surface area contributed by atoms with Gasteiger partial charge in [-0.1, -0.05) is 35.3 Å². The molecule has 5 nitrogen and oxygen atoms in total. The molecule has 2 aromatic carbocycles. The fraction of sp³-hybridized carbons (Fsp3) is 0.391. The molecular weight excluding hydrogens is 423 g/mol. The largest absolute Gasteiger partial charge is 0.484 e. The first-order valence-electron chi connectivity index (χ1n) is 10.2. The van der Waals surface area contributed by atoms with Crippen LogP contribution in [0, 0.1) is 17.8 Å². The number of carbonyl (C=O) groups excluding carboxylic acids is 2. The molecule has 2 amide bonds. The highest BCUT2D eigenvalue weighted by atomic mass is 35.5. The van der Waals surface area contributed by atoms with Crippen molar-refractivity contribution in [1.82, 2.24) is 10.6 Å². The Kier molecular flexibility index (Phi) is 6.49. The minimum Gasteiger partial charge on any atom is -0.484 e. The Morgan fingerprint density at radius 1 is 0.900 bits per heavy atom. The van der Waals surface area contributed by atoms with Crippen LogP contribution in [0.25, 0.3) is 0 Å². The van der Waals surface area contributed by atoms with Gasteiger partial charge in [0.2, 0.25) is 5.91 Å². The van der Waals surface area contributed by atoms with Gasteiger partial charge in [-0.2, -0.15) is 0 Å². The lowest BCUT2D eigenvalue weighted by Crippen LogP contribution is -2.39. The number of ether oxygens (including phenoxy) is 1. The Morgan fingerprint density at radius 3 is 2.27 bits per heavy atom. The lowest BCUT2D eigenvalue weighted by Gasteiger charge is -2.18. The third kappa shape index (κ3) is 5.46. The number of halogens is 2. The average molecular weight is 447 g/mol. The summed E-state index contributed by atoms with van der Waals surface area (Å²) in [6.45, 7) is 0.638. The lowest BCUT2D eigenvalue weighted by atomic mass is 10.0. The van der Waals surface area contributed by atoms with Gasteiger partial charge in [-0.05, 0) is 72.6 Å². The van der Waals surface area contributed by atoms with Crippen LogP contribution in [0.5, 0.6) is 5.75 Å². The molecule has 2 fully saturated rings. The lowest BCUT2D eigenvalue weighted by molar-refractivity contribution is -0.124. The normalized spacial score (nSPS) is 24.1. The number of hydrogen-bond donors (Lipinski definition) is 2. The minimum atomic E-state index is -0.118. The second-order valence-corrected chi connectivity index (χ2v) is 8.96. The van der Waals surface area contributed by atoms with E-state index in [2.05, 4.69) is 10.6 Å². The molecule has 4 unspecified atom stereocenters. The van der Waals surface area contributed by atoms with Gasteiger partial charge in [0.25, 0.3) is 5.91 Å². The Balaban J connectivity index is 1.18. The van der Waals surface area contributed by atoms with Crippen molar-refractivity contribution in [3.63, 3.8) is 0 Å². The first-order valence-corrected chi connectivity index (χ1v) is 10.9. The van der Waals surface area contributed by atoms with Crippen LogP contribution in [0.4, 0.5) is 0 Å². The third-order valence-corrected chi connectivity index (χ3v) is 6.44. The molecule has 2 aliphatic carbocycles. The summed E-state index contributed by atoms with van der Waals surface area (Å²) in [4.78, 5) is 24.5. The number of benzene rings is 2. The highest BCUT2D eigenvalue weighted by Crippen LogP contribution is 2.55. The summed E-state index contributed by atoms with van der Waals surface area (Å²) in [5, 5.41) is 7.44. The van der Waals surface area contributed by atoms with Gasteiger partial charge in [0.1, 0.15) is 5.75 Å². The number of amides is 2. The van der Waals surface area contributed by atoms with Crippen LogP contribution in [-0.2, 0) is 16.0 Å². The first-order chi connectivity index (χ1) is 14.5. The summed E-state index contributed by atoms with van der Waals surface area (Å²) in [5.41, 5.74) is 0.943. The van der Waals surface area contributed by atoms with Crippen LogP contribution in [0.2, 0.25) is 10.0 Å². The van der Waals surface area contributed by atoms with Crippen molar-refractivity contribution < 1.29 is 14.3 Å². The summed E-state index contributed by atoms with van der Waals surface area (Å²) in [6.07, 6.45) is 2.35. The van der Waals surface area contributed by atoms with Gasteiger partial charge in [-0.15, -0.1) is 0 Å². The van der Waals surface area contributed by atoms with Crippen molar-refractivity contribution in [3.8, 4) is 5.75 Å². The predicted octanol–water partition coefficient (Wildman–Crippen LogP) is 3.87. The molecule has 2 aliphatic rings. The average Bonchev–Trinajstić information content (AvgIpc) is 3.46. The second-order valence-electron chi connectivity index (χ2n) is 8.08. The molecule has 0 aliphatic heterocycles. The fourth-order valence-electron chi connectivity index (χ4n) is 4.34. The molecule has 158 valence electrons. The van der Waals surface area contributed by atoms with Crippen LogP contribution in [-0.4, -0.2) is 31.0 Å². The van der Waals surface area contributed by atoms with Crippen molar-refractivity contribution in [3.05, 3.63) is 64.1 Å². The molecule has 0 saturated heterocycles. The molecule has 2 saturated carbocycles. The molecular formula is C23H24Cl2N2O3. The zero-order chi connectivity index (χ0) is 21.1. The quantitative estimate of drug-likeness (QED) is 0.646. The number of fused-ring (bicyclic) bond motifs is 1. The van der Waals surface area contributed by atoms with Crippen molar-refractivity contribution in [2.24, 2.45) is 17.8 Å². The van der Waals surface area contributed by atoms with E-state index in [-0.39, 0.29) is 24.5 Å². The molecule has 0 heterocycles. The molecule has 0 aromatic heterocycles. The Morgan fingerprint density at radius 2 is 1.57 bits per heavy atom. The Bertz CT molecular complexity index is 902. The molecule has 2 aromatic rings. The van der Waals surface area contributed by atoms with E-state index in [4.69, 9.17) is 27.9 Å². The Labute approximate surface area is 186 Å². The van der Waals surface area contributed by atoms with Crippen LogP contribution < -0.4 is 15.4 Å². The van der Waals surface area contributed by atoms with E-state index in [0.29, 0.717) is 46.5 Å². The number of nitrogens with one attached hydrogen (secondary N) is 2. The molecule has 4 atom stereocenters. The topological polar surface area (TPSA) is 67.4 Å². The Hall–Kier alpha value is -2.24. The van der Waals surface area contributed by atoms with Gasteiger partial charge in [-0.3, -0.25) is 9.59 Å². The highest BCUT2D eigenvalue weighted by molar-refractivity contribution is 6.30. The molecule has 30 heavy (non-hydrogen) atoms. The van der Waals surface area contributed by atoms with E-state index >= 15 is 0 Å². The van der Waals surface area contributed by atoms with Crippen LogP contribution in [0.15, 0.2) is 48.5 Å². The van der Waals surface area contributed by atoms with Gasteiger partial charge in [0.05, 0.1) is 6.42 Å². The maximum atomic E-state index is 12.3. The van der Waals surface area contributed by atoms with E-state index in [0.717, 1.165) is 18.4 Å². The fourth-order valence-corrected chi connectivity index (χ4v) is 4.59. The molecule has 2 N–H and O–H groups in total. The van der Waals surface area contributed by atoms with Gasteiger partial charge < -0.3 is 15.4 Å². The number of hydrogen-bond acceptors (Lipinski definition) is 3. The number of rotatable bonds is 8. The standard InChI is InChI=1S/C23H24Cl2N2O3/c24-16-3-1-14(2-4-16)9-22(28)26-12-15-10-21(20-11-19(15)20)27-23(29)13-30-18-7-5-17(25)6-8-18/h1-8,15,19-21H,9-13H2,(H,26,28)(H,27,29). The summed E-state index contributed by atoms with van der Waals surface area (Å²) in [5.74, 6) is 2.02. The third-order valence-electron chi connectivity index (χ3n) is 5.94. The van der Waals surface area contributed by atoms with E-state index in [9.17, 15) is 9.59 Å². The smallest absolute Gasteiger partial charge is 0.258 e. The molecule has 4 rings (SSSR count). The van der Waals surface area contributed by atoms with E-state index in [1.807, 2.05) is 12.1 Å². The zero-order valence-electron chi connectivity index (χ0n) is 16.4. The monoisotopic (exact) mass is 446 g/mol. The van der Waals surface area contributed by atoms with Crippen LogP contribution >= 0.6 is 23.2 Å². The molecule has 0 bridgehead atoms. The van der Waals surface area contributed by atoms with Crippen LogP contribution in [0.3, 0.4) is 0 Å². The molecule has 0 radical (unpaired) electrons. The summed E-state index contributed by atoms with van der Waals surface area (Å²) in [6, 6.07) is 14.4. The zero-order valence-corrected chi connectivity index (χ0v) is 18.0. The predicted molar refractivity (Wildman–Crippen MR) is 117 cm³/mol. The SMILES string of the molecule is O=C(Cc1ccc(Cl)cc1)NCC1CC(NC(=O)COc2ccc(Cl)cc2)C2CC12. The van der Waals surface area contributed by atoms with E-state index in [1.54, 1.807) is 36.4 Å². The molecule has 7 heteroatoms. The van der Waals surface area contributed by atoms with Gasteiger partial charge in [0, 0.05) is 22.6 Å². The maximum absolute atomic E-state index is 12.3. The second kappa shape index (κ2) is 9.27. The van der Waals surface area contributed by atoms with Crippen molar-refractivity contribution in [2.45, 2.75) is 25.3 Å². The number of carbonyl (C=O) groups is 2. The van der Waals surface area contributed by atoms with Gasteiger partial charge in [0.15, 0.2) is 6.61 Å². The summed E-state index contributed by atoms with van der Waals surface area (Å²) in [7, 11) is 0. The van der Waals surface area contributed by atoms with E-state index < -0.39 is 0 Å². The summed E-state index contributed by atoms with van der Waals surface area (Å²) >= 11 is 11.7. The van der Waals surface area contributed by atoms with Gasteiger partial charge >= 0.3 is 0 Å². The maximum Gasteiger partial charge on any atom is 0.258 e. The van der Waals surface area contributed by atoms with Crippen molar-refractivity contribution in [1.29, 1.82) is 0 Å². The van der Waals surface area contributed by atoms with Crippen molar-refractivity contribution in [2.75, 3.05) is 13.2 Å². The van der Waals surface area contributed by atoms with Crippen LogP contribution in [0.1, 0.15) is 18.4 Å². The van der Waals surface area contributed by atoms with E-state index in [1.165, 1.54) is 0 Å².